The summed E-state index contributed by atoms with van der Waals surface area (Å²) in [7, 11) is 1.92. The Kier molecular flexibility index (Phi) is 2.61. The molecule has 2 nitrogen and oxygen atoms in total. The molecule has 0 saturated heterocycles. The highest BCUT2D eigenvalue weighted by Crippen LogP contribution is 2.16. The van der Waals surface area contributed by atoms with E-state index in [0.29, 0.717) is 5.75 Å². The van der Waals surface area contributed by atoms with Crippen molar-refractivity contribution in [3.05, 3.63) is 11.8 Å². The molecule has 0 N–H and O–H groups in total. The molecule has 0 atom stereocenters. The smallest absolute Gasteiger partial charge is 0.0948 e. The summed E-state index contributed by atoms with van der Waals surface area (Å²) in [4.78, 5) is 0. The van der Waals surface area contributed by atoms with E-state index in [4.69, 9.17) is 6.42 Å². The minimum Gasteiger partial charge on any atom is -0.262 e. The van der Waals surface area contributed by atoms with E-state index in [1.807, 2.05) is 24.7 Å². The molecule has 0 bridgehead atoms. The molecule has 0 aromatic carbocycles. The highest BCUT2D eigenvalue weighted by Gasteiger charge is 1.99. The van der Waals surface area contributed by atoms with Crippen molar-refractivity contribution in [2.75, 3.05) is 5.75 Å². The van der Waals surface area contributed by atoms with E-state index in [9.17, 15) is 0 Å². The van der Waals surface area contributed by atoms with Gasteiger partial charge in [0.1, 0.15) is 0 Å². The zero-order chi connectivity index (χ0) is 8.27. The standard InChI is InChI=1S/C8H10N2S/c1-4-5-11-8-6-7(2)9-10(8)3/h1,6H,5H2,2-3H3. The zero-order valence-electron chi connectivity index (χ0n) is 6.66. The molecule has 0 spiro atoms. The Morgan fingerprint density at radius 3 is 3.00 bits per heavy atom. The van der Waals surface area contributed by atoms with E-state index in [0.717, 1.165) is 10.7 Å². The van der Waals surface area contributed by atoms with Crippen LogP contribution in [0.1, 0.15) is 5.69 Å². The summed E-state index contributed by atoms with van der Waals surface area (Å²) in [6.07, 6.45) is 5.13. The molecule has 0 fully saturated rings. The van der Waals surface area contributed by atoms with Crippen LogP contribution in [0.5, 0.6) is 0 Å². The fourth-order valence-electron chi connectivity index (χ4n) is 0.838. The Labute approximate surface area is 71.0 Å². The monoisotopic (exact) mass is 166 g/mol. The van der Waals surface area contributed by atoms with Crippen LogP contribution in [0.3, 0.4) is 0 Å². The van der Waals surface area contributed by atoms with Crippen molar-refractivity contribution in [1.29, 1.82) is 0 Å². The van der Waals surface area contributed by atoms with Gasteiger partial charge in [-0.15, -0.1) is 6.42 Å². The normalized spacial score (nSPS) is 9.55. The molecule has 0 aliphatic rings. The van der Waals surface area contributed by atoms with Crippen molar-refractivity contribution in [3.8, 4) is 12.3 Å². The second kappa shape index (κ2) is 3.49. The largest absolute Gasteiger partial charge is 0.262 e. The SMILES string of the molecule is C#CCSc1cc(C)nn1C. The van der Waals surface area contributed by atoms with Gasteiger partial charge in [0.05, 0.1) is 16.5 Å². The number of terminal acetylenes is 1. The first-order chi connectivity index (χ1) is 5.24. The third-order valence-electron chi connectivity index (χ3n) is 1.26. The van der Waals surface area contributed by atoms with Gasteiger partial charge in [-0.3, -0.25) is 4.68 Å². The molecule has 1 aromatic rings. The molecular formula is C8H10N2S. The average molecular weight is 166 g/mol. The lowest BCUT2D eigenvalue weighted by molar-refractivity contribution is 0.693. The van der Waals surface area contributed by atoms with Crippen molar-refractivity contribution >= 4 is 11.8 Å². The number of rotatable bonds is 2. The Morgan fingerprint density at radius 2 is 2.55 bits per heavy atom. The van der Waals surface area contributed by atoms with Crippen LogP contribution in [0, 0.1) is 19.3 Å². The molecule has 3 heteroatoms. The highest BCUT2D eigenvalue weighted by atomic mass is 32.2. The van der Waals surface area contributed by atoms with E-state index < -0.39 is 0 Å². The van der Waals surface area contributed by atoms with E-state index in [2.05, 4.69) is 11.0 Å². The molecule has 11 heavy (non-hydrogen) atoms. The fourth-order valence-corrected chi connectivity index (χ4v) is 1.55. The summed E-state index contributed by atoms with van der Waals surface area (Å²) < 4.78 is 1.84. The van der Waals surface area contributed by atoms with Crippen LogP contribution in [0.25, 0.3) is 0 Å². The van der Waals surface area contributed by atoms with Crippen molar-refractivity contribution in [3.63, 3.8) is 0 Å². The van der Waals surface area contributed by atoms with Crippen LogP contribution in [-0.2, 0) is 7.05 Å². The van der Waals surface area contributed by atoms with E-state index in [-0.39, 0.29) is 0 Å². The van der Waals surface area contributed by atoms with Gasteiger partial charge < -0.3 is 0 Å². The molecule has 58 valence electrons. The molecule has 0 aliphatic carbocycles. The van der Waals surface area contributed by atoms with E-state index in [1.165, 1.54) is 0 Å². The van der Waals surface area contributed by atoms with Crippen molar-refractivity contribution in [2.24, 2.45) is 7.05 Å². The summed E-state index contributed by atoms with van der Waals surface area (Å²) in [6, 6.07) is 2.03. The highest BCUT2D eigenvalue weighted by molar-refractivity contribution is 7.99. The third-order valence-corrected chi connectivity index (χ3v) is 2.25. The van der Waals surface area contributed by atoms with Gasteiger partial charge in [-0.25, -0.2) is 0 Å². The second-order valence-corrected chi connectivity index (χ2v) is 3.24. The predicted octanol–water partition coefficient (Wildman–Crippen LogP) is 1.45. The van der Waals surface area contributed by atoms with Gasteiger partial charge in [0.25, 0.3) is 0 Å². The maximum Gasteiger partial charge on any atom is 0.0948 e. The third kappa shape index (κ3) is 2.02. The lowest BCUT2D eigenvalue weighted by Gasteiger charge is -1.95. The van der Waals surface area contributed by atoms with Crippen LogP contribution in [0.15, 0.2) is 11.1 Å². The molecule has 1 heterocycles. The van der Waals surface area contributed by atoms with Gasteiger partial charge in [0, 0.05) is 7.05 Å². The molecule has 1 aromatic heterocycles. The Bertz CT molecular complexity index is 283. The van der Waals surface area contributed by atoms with E-state index in [1.54, 1.807) is 11.8 Å². The zero-order valence-corrected chi connectivity index (χ0v) is 7.48. The maximum absolute atomic E-state index is 5.13. The first-order valence-electron chi connectivity index (χ1n) is 3.31. The van der Waals surface area contributed by atoms with Crippen LogP contribution in [-0.4, -0.2) is 15.5 Å². The van der Waals surface area contributed by atoms with Crippen molar-refractivity contribution < 1.29 is 0 Å². The Balaban J connectivity index is 2.71. The Morgan fingerprint density at radius 1 is 1.82 bits per heavy atom. The first kappa shape index (κ1) is 8.22. The number of thioether (sulfide) groups is 1. The number of aromatic nitrogens is 2. The second-order valence-electron chi connectivity index (χ2n) is 2.24. The topological polar surface area (TPSA) is 17.8 Å². The van der Waals surface area contributed by atoms with Gasteiger partial charge in [0.15, 0.2) is 0 Å². The van der Waals surface area contributed by atoms with Gasteiger partial charge >= 0.3 is 0 Å². The molecule has 0 saturated carbocycles. The van der Waals surface area contributed by atoms with Crippen molar-refractivity contribution in [2.45, 2.75) is 11.9 Å². The molecule has 0 unspecified atom stereocenters. The van der Waals surface area contributed by atoms with Crippen LogP contribution < -0.4 is 0 Å². The van der Waals surface area contributed by atoms with Crippen LogP contribution >= 0.6 is 11.8 Å². The maximum atomic E-state index is 5.13. The first-order valence-corrected chi connectivity index (χ1v) is 4.29. The average Bonchev–Trinajstić information content (AvgIpc) is 2.26. The van der Waals surface area contributed by atoms with Gasteiger partial charge in [0.2, 0.25) is 0 Å². The summed E-state index contributed by atoms with van der Waals surface area (Å²) in [6.45, 7) is 1.97. The van der Waals surface area contributed by atoms with Gasteiger partial charge in [-0.2, -0.15) is 5.10 Å². The summed E-state index contributed by atoms with van der Waals surface area (Å²) >= 11 is 1.63. The van der Waals surface area contributed by atoms with Gasteiger partial charge in [-0.1, -0.05) is 17.7 Å². The number of hydrogen-bond donors (Lipinski definition) is 0. The lowest BCUT2D eigenvalue weighted by Crippen LogP contribution is -1.92. The fraction of sp³-hybridized carbons (Fsp3) is 0.375. The predicted molar refractivity (Wildman–Crippen MR) is 47.5 cm³/mol. The van der Waals surface area contributed by atoms with Crippen molar-refractivity contribution in [1.82, 2.24) is 9.78 Å². The molecule has 0 amide bonds. The summed E-state index contributed by atoms with van der Waals surface area (Å²) in [5.41, 5.74) is 1.03. The minimum atomic E-state index is 0.707. The minimum absolute atomic E-state index is 0.707. The van der Waals surface area contributed by atoms with E-state index >= 15 is 0 Å². The van der Waals surface area contributed by atoms with Crippen LogP contribution in [0.2, 0.25) is 0 Å². The van der Waals surface area contributed by atoms with Crippen LogP contribution in [0.4, 0.5) is 0 Å². The Hall–Kier alpha value is -0.880. The number of nitrogens with zero attached hydrogens (tertiary/aromatic N) is 2. The molecule has 0 radical (unpaired) electrons. The quantitative estimate of drug-likeness (QED) is 0.489. The summed E-state index contributed by atoms with van der Waals surface area (Å²) in [5, 5.41) is 5.32. The summed E-state index contributed by atoms with van der Waals surface area (Å²) in [5.74, 6) is 3.28. The number of aryl methyl sites for hydroxylation is 2. The lowest BCUT2D eigenvalue weighted by atomic mass is 10.5. The molecular weight excluding hydrogens is 156 g/mol. The molecule has 0 aliphatic heterocycles. The number of hydrogen-bond acceptors (Lipinski definition) is 2. The molecule has 1 rings (SSSR count). The van der Waals surface area contributed by atoms with Gasteiger partial charge in [-0.05, 0) is 13.0 Å².